The van der Waals surface area contributed by atoms with E-state index in [0.717, 1.165) is 12.2 Å². The highest BCUT2D eigenvalue weighted by atomic mass is 35.5. The average Bonchev–Trinajstić information content (AvgIpc) is 3.01. The van der Waals surface area contributed by atoms with Crippen LogP contribution < -0.4 is 5.32 Å². The Labute approximate surface area is 119 Å². The van der Waals surface area contributed by atoms with Crippen molar-refractivity contribution < 1.29 is 4.79 Å². The molecule has 0 aliphatic heterocycles. The lowest BCUT2D eigenvalue weighted by atomic mass is 9.98. The molecule has 0 saturated heterocycles. The summed E-state index contributed by atoms with van der Waals surface area (Å²) in [6.45, 7) is 5.33. The number of rotatable bonds is 5. The Balaban J connectivity index is 1.94. The van der Waals surface area contributed by atoms with Gasteiger partial charge < -0.3 is 5.32 Å². The highest BCUT2D eigenvalue weighted by molar-refractivity contribution is 6.18. The van der Waals surface area contributed by atoms with E-state index < -0.39 is 0 Å². The number of carbonyl (C=O) groups is 1. The van der Waals surface area contributed by atoms with Crippen molar-refractivity contribution in [3.05, 3.63) is 17.5 Å². The molecule has 0 aromatic carbocycles. The molecule has 1 saturated carbocycles. The zero-order valence-corrected chi connectivity index (χ0v) is 12.4. The summed E-state index contributed by atoms with van der Waals surface area (Å²) in [5.41, 5.74) is 1.53. The van der Waals surface area contributed by atoms with E-state index in [1.165, 1.54) is 19.3 Å². The van der Waals surface area contributed by atoms with E-state index in [1.54, 1.807) is 4.68 Å². The van der Waals surface area contributed by atoms with Crippen LogP contribution in [0.2, 0.25) is 0 Å². The molecule has 0 spiro atoms. The number of hydrogen-bond acceptors (Lipinski definition) is 2. The van der Waals surface area contributed by atoms with Crippen LogP contribution in [0.15, 0.2) is 6.07 Å². The van der Waals surface area contributed by atoms with Crippen molar-refractivity contribution in [2.75, 3.05) is 12.4 Å². The Morgan fingerprint density at radius 1 is 1.53 bits per heavy atom. The van der Waals surface area contributed by atoms with E-state index >= 15 is 0 Å². The van der Waals surface area contributed by atoms with Crippen LogP contribution in [0, 0.1) is 18.8 Å². The molecule has 1 amide bonds. The van der Waals surface area contributed by atoms with Crippen LogP contribution >= 0.6 is 11.6 Å². The molecule has 19 heavy (non-hydrogen) atoms. The first-order valence-electron chi connectivity index (χ1n) is 7.04. The summed E-state index contributed by atoms with van der Waals surface area (Å²) in [6.07, 6.45) is 3.59. The monoisotopic (exact) mass is 283 g/mol. The first-order chi connectivity index (χ1) is 9.15. The van der Waals surface area contributed by atoms with Crippen LogP contribution in [0.5, 0.6) is 0 Å². The van der Waals surface area contributed by atoms with Gasteiger partial charge >= 0.3 is 0 Å². The van der Waals surface area contributed by atoms with Gasteiger partial charge in [-0.05, 0) is 44.6 Å². The highest BCUT2D eigenvalue weighted by Crippen LogP contribution is 2.31. The normalized spacial score (nSPS) is 22.7. The molecule has 1 aromatic heterocycles. The van der Waals surface area contributed by atoms with Gasteiger partial charge in [-0.25, -0.2) is 0 Å². The molecule has 1 N–H and O–H groups in total. The second kappa shape index (κ2) is 6.42. The maximum absolute atomic E-state index is 12.2. The van der Waals surface area contributed by atoms with Crippen molar-refractivity contribution >= 4 is 17.5 Å². The zero-order chi connectivity index (χ0) is 13.8. The fourth-order valence-electron chi connectivity index (χ4n) is 2.87. The van der Waals surface area contributed by atoms with Crippen molar-refractivity contribution in [3.63, 3.8) is 0 Å². The average molecular weight is 284 g/mol. The van der Waals surface area contributed by atoms with Crippen LogP contribution in [0.1, 0.15) is 42.4 Å². The Hall–Kier alpha value is -1.03. The Bertz CT molecular complexity index is 444. The number of alkyl halides is 1. The minimum atomic E-state index is -0.0253. The lowest BCUT2D eigenvalue weighted by Gasteiger charge is -2.17. The van der Waals surface area contributed by atoms with Gasteiger partial charge in [0.1, 0.15) is 5.69 Å². The lowest BCUT2D eigenvalue weighted by molar-refractivity contribution is 0.0934. The fourth-order valence-corrected chi connectivity index (χ4v) is 3.28. The Kier molecular flexibility index (Phi) is 4.86. The second-order valence-electron chi connectivity index (χ2n) is 5.30. The number of amides is 1. The summed E-state index contributed by atoms with van der Waals surface area (Å²) < 4.78 is 1.75. The van der Waals surface area contributed by atoms with Gasteiger partial charge in [-0.2, -0.15) is 5.10 Å². The van der Waals surface area contributed by atoms with Crippen LogP contribution in [-0.2, 0) is 6.54 Å². The molecule has 106 valence electrons. The first kappa shape index (κ1) is 14.4. The van der Waals surface area contributed by atoms with Crippen molar-refractivity contribution in [1.29, 1.82) is 0 Å². The van der Waals surface area contributed by atoms with E-state index in [0.29, 0.717) is 30.0 Å². The lowest BCUT2D eigenvalue weighted by Crippen LogP contribution is -2.32. The highest BCUT2D eigenvalue weighted by Gasteiger charge is 2.27. The molecule has 1 aromatic rings. The van der Waals surface area contributed by atoms with Gasteiger partial charge in [0.15, 0.2) is 0 Å². The van der Waals surface area contributed by atoms with Gasteiger partial charge in [-0.1, -0.05) is 6.42 Å². The fraction of sp³-hybridized carbons (Fsp3) is 0.714. The molecule has 1 aliphatic rings. The molecule has 2 unspecified atom stereocenters. The minimum Gasteiger partial charge on any atom is -0.350 e. The summed E-state index contributed by atoms with van der Waals surface area (Å²) >= 11 is 5.96. The van der Waals surface area contributed by atoms with Crippen LogP contribution in [-0.4, -0.2) is 28.1 Å². The minimum absolute atomic E-state index is 0.0253. The quantitative estimate of drug-likeness (QED) is 0.845. The van der Waals surface area contributed by atoms with Crippen LogP contribution in [0.25, 0.3) is 0 Å². The van der Waals surface area contributed by atoms with Crippen molar-refractivity contribution in [3.8, 4) is 0 Å². The van der Waals surface area contributed by atoms with E-state index in [1.807, 2.05) is 19.9 Å². The number of hydrogen-bond donors (Lipinski definition) is 1. The third kappa shape index (κ3) is 3.30. The van der Waals surface area contributed by atoms with Gasteiger partial charge in [0.25, 0.3) is 5.91 Å². The van der Waals surface area contributed by atoms with Crippen molar-refractivity contribution in [2.45, 2.75) is 39.7 Å². The molecule has 1 aliphatic carbocycles. The Morgan fingerprint density at radius 2 is 2.26 bits per heavy atom. The number of aryl methyl sites for hydroxylation is 2. The molecular formula is C14H22ClN3O. The summed E-state index contributed by atoms with van der Waals surface area (Å²) in [4.78, 5) is 12.2. The summed E-state index contributed by atoms with van der Waals surface area (Å²) in [6, 6.07) is 1.84. The maximum atomic E-state index is 12.2. The third-order valence-corrected chi connectivity index (χ3v) is 4.37. The maximum Gasteiger partial charge on any atom is 0.269 e. The predicted molar refractivity (Wildman–Crippen MR) is 76.5 cm³/mol. The number of aromatic nitrogens is 2. The largest absolute Gasteiger partial charge is 0.350 e. The number of halogens is 1. The van der Waals surface area contributed by atoms with E-state index in [4.69, 9.17) is 11.6 Å². The van der Waals surface area contributed by atoms with E-state index in [-0.39, 0.29) is 5.91 Å². The molecule has 2 atom stereocenters. The first-order valence-corrected chi connectivity index (χ1v) is 7.57. The molecule has 1 fully saturated rings. The van der Waals surface area contributed by atoms with Gasteiger partial charge in [-0.15, -0.1) is 11.6 Å². The second-order valence-corrected chi connectivity index (χ2v) is 5.61. The van der Waals surface area contributed by atoms with Crippen LogP contribution in [0.3, 0.4) is 0 Å². The van der Waals surface area contributed by atoms with Gasteiger partial charge in [-0.3, -0.25) is 9.48 Å². The third-order valence-electron chi connectivity index (χ3n) is 3.97. The molecule has 5 heteroatoms. The van der Waals surface area contributed by atoms with E-state index in [9.17, 15) is 4.79 Å². The Morgan fingerprint density at radius 3 is 2.95 bits per heavy atom. The summed E-state index contributed by atoms with van der Waals surface area (Å²) in [5.74, 6) is 1.76. The molecular weight excluding hydrogens is 262 g/mol. The topological polar surface area (TPSA) is 46.9 Å². The van der Waals surface area contributed by atoms with Crippen molar-refractivity contribution in [2.24, 2.45) is 11.8 Å². The SMILES string of the molecule is CCn1nc(C)cc1C(=O)NCC1CCCC1CCl. The molecule has 0 radical (unpaired) electrons. The number of nitrogens with zero attached hydrogens (tertiary/aromatic N) is 2. The summed E-state index contributed by atoms with van der Waals surface area (Å²) in [7, 11) is 0. The predicted octanol–water partition coefficient (Wildman–Crippen LogP) is 2.60. The standard InChI is InChI=1S/C14H22ClN3O/c1-3-18-13(7-10(2)17-18)14(19)16-9-12-6-4-5-11(12)8-15/h7,11-12H,3-6,8-9H2,1-2H3,(H,16,19). The van der Waals surface area contributed by atoms with Gasteiger partial charge in [0.2, 0.25) is 0 Å². The molecule has 1 heterocycles. The van der Waals surface area contributed by atoms with Crippen molar-refractivity contribution in [1.82, 2.24) is 15.1 Å². The van der Waals surface area contributed by atoms with Crippen LogP contribution in [0.4, 0.5) is 0 Å². The van der Waals surface area contributed by atoms with E-state index in [2.05, 4.69) is 10.4 Å². The number of carbonyl (C=O) groups excluding carboxylic acids is 1. The molecule has 4 nitrogen and oxygen atoms in total. The number of nitrogens with one attached hydrogen (secondary N) is 1. The van der Waals surface area contributed by atoms with Gasteiger partial charge in [0.05, 0.1) is 5.69 Å². The molecule has 0 bridgehead atoms. The zero-order valence-electron chi connectivity index (χ0n) is 11.7. The molecule has 2 rings (SSSR count). The summed E-state index contributed by atoms with van der Waals surface area (Å²) in [5, 5.41) is 7.33. The smallest absolute Gasteiger partial charge is 0.269 e. The van der Waals surface area contributed by atoms with Gasteiger partial charge in [0, 0.05) is 19.0 Å².